The Bertz CT molecular complexity index is 610. The second-order valence-corrected chi connectivity index (χ2v) is 4.24. The third kappa shape index (κ3) is 3.67. The van der Waals surface area contributed by atoms with E-state index in [4.69, 9.17) is 22.1 Å². The number of nitrogens with one attached hydrogen (secondary N) is 1. The van der Waals surface area contributed by atoms with Crippen LogP contribution in [-0.4, -0.2) is 21.6 Å². The smallest absolute Gasteiger partial charge is 0.323 e. The van der Waals surface area contributed by atoms with E-state index in [0.29, 0.717) is 13.2 Å². The fourth-order valence-corrected chi connectivity index (χ4v) is 1.68. The number of rotatable bonds is 5. The Hall–Kier alpha value is -2.15. The summed E-state index contributed by atoms with van der Waals surface area (Å²) in [5.41, 5.74) is 6.34. The van der Waals surface area contributed by atoms with Crippen LogP contribution in [0.3, 0.4) is 0 Å². The number of nitrogen functional groups attached to an aromatic ring is 1. The van der Waals surface area contributed by atoms with E-state index in [2.05, 4.69) is 20.3 Å². The minimum atomic E-state index is -0.460. The van der Waals surface area contributed by atoms with Crippen molar-refractivity contribution in [3.05, 3.63) is 34.6 Å². The molecule has 0 saturated heterocycles. The number of hydrogen-bond donors (Lipinski definition) is 2. The van der Waals surface area contributed by atoms with E-state index < -0.39 is 5.82 Å². The molecule has 0 unspecified atom stereocenters. The van der Waals surface area contributed by atoms with E-state index >= 15 is 0 Å². The third-order valence-corrected chi connectivity index (χ3v) is 2.63. The van der Waals surface area contributed by atoms with Crippen LogP contribution in [0.5, 0.6) is 6.01 Å². The first kappa shape index (κ1) is 14.3. The van der Waals surface area contributed by atoms with Gasteiger partial charge in [0.05, 0.1) is 11.6 Å². The highest BCUT2D eigenvalue weighted by atomic mass is 35.5. The van der Waals surface area contributed by atoms with E-state index in [9.17, 15) is 4.39 Å². The molecule has 0 spiro atoms. The molecule has 0 amide bonds. The molecule has 106 valence electrons. The summed E-state index contributed by atoms with van der Waals surface area (Å²) in [7, 11) is 0. The molecule has 1 aromatic heterocycles. The van der Waals surface area contributed by atoms with Crippen molar-refractivity contribution in [1.82, 2.24) is 15.0 Å². The molecular formula is C12H13ClFN5O. The Balaban J connectivity index is 2.08. The van der Waals surface area contributed by atoms with Gasteiger partial charge in [-0.05, 0) is 24.6 Å². The first-order chi connectivity index (χ1) is 9.58. The summed E-state index contributed by atoms with van der Waals surface area (Å²) in [4.78, 5) is 11.8. The molecular weight excluding hydrogens is 285 g/mol. The minimum Gasteiger partial charge on any atom is -0.464 e. The predicted octanol–water partition coefficient (Wildman–Crippen LogP) is 2.26. The Kier molecular flexibility index (Phi) is 4.52. The van der Waals surface area contributed by atoms with Crippen LogP contribution >= 0.6 is 11.6 Å². The van der Waals surface area contributed by atoms with Gasteiger partial charge in [-0.2, -0.15) is 15.0 Å². The van der Waals surface area contributed by atoms with Crippen molar-refractivity contribution < 1.29 is 9.13 Å². The standard InChI is InChI=1S/C12H13ClFN5O/c1-2-20-12-18-10(15)17-11(19-12)16-6-7-3-4-9(14)8(13)5-7/h3-5H,2,6H2,1H3,(H3,15,16,17,18,19). The molecule has 0 aliphatic heterocycles. The fraction of sp³-hybridized carbons (Fsp3) is 0.250. The zero-order valence-electron chi connectivity index (χ0n) is 10.7. The lowest BCUT2D eigenvalue weighted by molar-refractivity contribution is 0.312. The van der Waals surface area contributed by atoms with E-state index in [1.54, 1.807) is 6.07 Å². The summed E-state index contributed by atoms with van der Waals surface area (Å²) in [5.74, 6) is -0.122. The van der Waals surface area contributed by atoms with Gasteiger partial charge in [0.15, 0.2) is 0 Å². The van der Waals surface area contributed by atoms with E-state index in [0.717, 1.165) is 5.56 Å². The highest BCUT2D eigenvalue weighted by molar-refractivity contribution is 6.30. The van der Waals surface area contributed by atoms with Crippen LogP contribution in [0, 0.1) is 5.82 Å². The summed E-state index contributed by atoms with van der Waals surface area (Å²) in [5, 5.41) is 3.01. The number of anilines is 2. The molecule has 8 heteroatoms. The van der Waals surface area contributed by atoms with Gasteiger partial charge >= 0.3 is 6.01 Å². The van der Waals surface area contributed by atoms with Crippen molar-refractivity contribution in [1.29, 1.82) is 0 Å². The zero-order chi connectivity index (χ0) is 14.5. The maximum absolute atomic E-state index is 13.0. The quantitative estimate of drug-likeness (QED) is 0.880. The van der Waals surface area contributed by atoms with E-state index in [-0.39, 0.29) is 22.9 Å². The first-order valence-electron chi connectivity index (χ1n) is 5.90. The van der Waals surface area contributed by atoms with Gasteiger partial charge in [-0.1, -0.05) is 17.7 Å². The van der Waals surface area contributed by atoms with Gasteiger partial charge in [0.25, 0.3) is 0 Å². The lowest BCUT2D eigenvalue weighted by Crippen LogP contribution is -2.09. The van der Waals surface area contributed by atoms with Crippen LogP contribution in [0.25, 0.3) is 0 Å². The minimum absolute atomic E-state index is 0.0584. The van der Waals surface area contributed by atoms with Crippen LogP contribution in [-0.2, 0) is 6.54 Å². The summed E-state index contributed by atoms with van der Waals surface area (Å²) < 4.78 is 18.2. The number of nitrogens with two attached hydrogens (primary N) is 1. The van der Waals surface area contributed by atoms with Crippen molar-refractivity contribution in [3.63, 3.8) is 0 Å². The van der Waals surface area contributed by atoms with E-state index in [1.165, 1.54) is 12.1 Å². The highest BCUT2D eigenvalue weighted by Crippen LogP contribution is 2.17. The van der Waals surface area contributed by atoms with Gasteiger partial charge in [-0.25, -0.2) is 4.39 Å². The molecule has 0 atom stereocenters. The SMILES string of the molecule is CCOc1nc(N)nc(NCc2ccc(F)c(Cl)c2)n1. The highest BCUT2D eigenvalue weighted by Gasteiger charge is 2.06. The zero-order valence-corrected chi connectivity index (χ0v) is 11.5. The average Bonchev–Trinajstić information content (AvgIpc) is 2.40. The van der Waals surface area contributed by atoms with Crippen LogP contribution in [0.15, 0.2) is 18.2 Å². The maximum Gasteiger partial charge on any atom is 0.323 e. The molecule has 3 N–H and O–H groups in total. The monoisotopic (exact) mass is 297 g/mol. The largest absolute Gasteiger partial charge is 0.464 e. The number of nitrogens with zero attached hydrogens (tertiary/aromatic N) is 3. The van der Waals surface area contributed by atoms with Gasteiger partial charge in [0, 0.05) is 6.54 Å². The number of halogens is 2. The molecule has 0 bridgehead atoms. The Morgan fingerprint density at radius 1 is 1.35 bits per heavy atom. The van der Waals surface area contributed by atoms with Crippen molar-refractivity contribution in [2.24, 2.45) is 0 Å². The summed E-state index contributed by atoms with van der Waals surface area (Å²) in [6.45, 7) is 2.61. The van der Waals surface area contributed by atoms with Crippen LogP contribution < -0.4 is 15.8 Å². The lowest BCUT2D eigenvalue weighted by Gasteiger charge is -2.07. The molecule has 20 heavy (non-hydrogen) atoms. The maximum atomic E-state index is 13.0. The van der Waals surface area contributed by atoms with Crippen LogP contribution in [0.2, 0.25) is 5.02 Å². The topological polar surface area (TPSA) is 86.0 Å². The average molecular weight is 298 g/mol. The first-order valence-corrected chi connectivity index (χ1v) is 6.28. The predicted molar refractivity (Wildman–Crippen MR) is 74.1 cm³/mol. The molecule has 2 rings (SSSR count). The Morgan fingerprint density at radius 2 is 2.15 bits per heavy atom. The summed E-state index contributed by atoms with van der Waals surface area (Å²) >= 11 is 5.70. The molecule has 0 fully saturated rings. The lowest BCUT2D eigenvalue weighted by atomic mass is 10.2. The second kappa shape index (κ2) is 6.33. The Morgan fingerprint density at radius 3 is 2.85 bits per heavy atom. The second-order valence-electron chi connectivity index (χ2n) is 3.83. The fourth-order valence-electron chi connectivity index (χ4n) is 1.48. The van der Waals surface area contributed by atoms with Crippen molar-refractivity contribution in [3.8, 4) is 6.01 Å². The van der Waals surface area contributed by atoms with Gasteiger partial charge in [0.1, 0.15) is 5.82 Å². The van der Waals surface area contributed by atoms with Gasteiger partial charge in [0.2, 0.25) is 11.9 Å². The third-order valence-electron chi connectivity index (χ3n) is 2.34. The number of hydrogen-bond acceptors (Lipinski definition) is 6. The number of ether oxygens (including phenoxy) is 1. The van der Waals surface area contributed by atoms with E-state index in [1.807, 2.05) is 6.92 Å². The van der Waals surface area contributed by atoms with Gasteiger partial charge in [-0.3, -0.25) is 0 Å². The van der Waals surface area contributed by atoms with Gasteiger partial charge in [-0.15, -0.1) is 0 Å². The van der Waals surface area contributed by atoms with Crippen molar-refractivity contribution in [2.45, 2.75) is 13.5 Å². The number of aromatic nitrogens is 3. The van der Waals surface area contributed by atoms with Crippen LogP contribution in [0.4, 0.5) is 16.3 Å². The van der Waals surface area contributed by atoms with Crippen LogP contribution in [0.1, 0.15) is 12.5 Å². The molecule has 0 aliphatic carbocycles. The normalized spacial score (nSPS) is 10.3. The summed E-state index contributed by atoms with van der Waals surface area (Å²) in [6.07, 6.45) is 0. The summed E-state index contributed by atoms with van der Waals surface area (Å²) in [6, 6.07) is 4.59. The Labute approximate surface area is 120 Å². The molecule has 0 aliphatic rings. The number of benzene rings is 1. The molecule has 1 aromatic carbocycles. The molecule has 0 radical (unpaired) electrons. The van der Waals surface area contributed by atoms with Crippen molar-refractivity contribution in [2.75, 3.05) is 17.7 Å². The molecule has 0 saturated carbocycles. The molecule has 2 aromatic rings. The van der Waals surface area contributed by atoms with Gasteiger partial charge < -0.3 is 15.8 Å². The van der Waals surface area contributed by atoms with Crippen molar-refractivity contribution >= 4 is 23.5 Å². The molecule has 1 heterocycles. The molecule has 6 nitrogen and oxygen atoms in total.